The third-order valence-corrected chi connectivity index (χ3v) is 7.24. The largest absolute Gasteiger partial charge is 0.457 e. The van der Waals surface area contributed by atoms with Crippen LogP contribution in [0.2, 0.25) is 0 Å². The van der Waals surface area contributed by atoms with Crippen LogP contribution in [0.5, 0.6) is 11.5 Å². The quantitative estimate of drug-likeness (QED) is 0.0896. The Bertz CT molecular complexity index is 1210. The molecule has 0 saturated carbocycles. The number of aliphatic imine (C=N–C) groups is 1. The fourth-order valence-electron chi connectivity index (χ4n) is 3.42. The van der Waals surface area contributed by atoms with Gasteiger partial charge in [-0.3, -0.25) is 0 Å². The molecule has 5 N–H and O–H groups in total. The monoisotopic (exact) mass is 586 g/mol. The molecule has 0 heterocycles. The van der Waals surface area contributed by atoms with Crippen LogP contribution in [0.25, 0.3) is 0 Å². The maximum absolute atomic E-state index is 14.5. The second-order valence-corrected chi connectivity index (χ2v) is 10.3. The first-order valence-electron chi connectivity index (χ1n) is 12.8. The standard InChI is InChI=1S/C28H35N4O8P/c1-35-16-17-36-18-19-37-20-21-38-28(33)32-26(22-12-14-23(15-13-22)31-27(29)30)41(34,39-24-8-4-2-5-9-24)40-25-10-6-3-7-11-25/h2-15,26H,16-21H2,1H3,(H,32,33)(H4,29,30,31). The molecule has 1 amide bonds. The van der Waals surface area contributed by atoms with Crippen molar-refractivity contribution in [2.24, 2.45) is 16.5 Å². The van der Waals surface area contributed by atoms with Crippen LogP contribution in [0.1, 0.15) is 11.3 Å². The zero-order chi connectivity index (χ0) is 29.3. The Labute approximate surface area is 239 Å². The number of carbonyl (C=O) groups excluding carboxylic acids is 1. The smallest absolute Gasteiger partial charge is 0.447 e. The molecule has 0 saturated heterocycles. The number of benzene rings is 3. The van der Waals surface area contributed by atoms with Crippen molar-refractivity contribution in [3.05, 3.63) is 90.5 Å². The number of nitrogens with zero attached hydrogens (tertiary/aromatic N) is 1. The number of nitrogens with one attached hydrogen (secondary N) is 1. The van der Waals surface area contributed by atoms with E-state index in [1.165, 1.54) is 0 Å². The number of amides is 1. The molecular weight excluding hydrogens is 551 g/mol. The molecule has 0 radical (unpaired) electrons. The highest BCUT2D eigenvalue weighted by Gasteiger charge is 2.42. The molecule has 13 heteroatoms. The number of nitrogens with two attached hydrogens (primary N) is 2. The molecule has 3 aromatic rings. The SMILES string of the molecule is COCCOCCOCCOC(=O)NC(c1ccc(N=C(N)N)cc1)P(=O)(Oc1ccccc1)Oc1ccccc1. The molecule has 1 unspecified atom stereocenters. The average molecular weight is 587 g/mol. The van der Waals surface area contributed by atoms with E-state index in [0.29, 0.717) is 37.7 Å². The Kier molecular flexibility index (Phi) is 12.9. The van der Waals surface area contributed by atoms with E-state index < -0.39 is 19.5 Å². The number of alkyl carbamates (subject to hydrolysis) is 1. The third kappa shape index (κ3) is 11.1. The summed E-state index contributed by atoms with van der Waals surface area (Å²) in [6.45, 7) is 1.74. The molecule has 1 atom stereocenters. The molecule has 0 spiro atoms. The van der Waals surface area contributed by atoms with Gasteiger partial charge in [0, 0.05) is 7.11 Å². The van der Waals surface area contributed by atoms with Gasteiger partial charge in [-0.2, -0.15) is 0 Å². The lowest BCUT2D eigenvalue weighted by Gasteiger charge is -2.28. The highest BCUT2D eigenvalue weighted by atomic mass is 31.2. The molecule has 0 aliphatic rings. The summed E-state index contributed by atoms with van der Waals surface area (Å²) in [7, 11) is -2.62. The summed E-state index contributed by atoms with van der Waals surface area (Å²) in [5.74, 6) is -0.834. The lowest BCUT2D eigenvalue weighted by Crippen LogP contribution is -2.32. The Morgan fingerprint density at radius 3 is 1.80 bits per heavy atom. The van der Waals surface area contributed by atoms with Crippen molar-refractivity contribution in [3.63, 3.8) is 0 Å². The minimum Gasteiger partial charge on any atom is -0.447 e. The van der Waals surface area contributed by atoms with Crippen LogP contribution in [0, 0.1) is 0 Å². The topological polar surface area (TPSA) is 166 Å². The van der Waals surface area contributed by atoms with Crippen LogP contribution in [0.4, 0.5) is 10.5 Å². The van der Waals surface area contributed by atoms with Crippen LogP contribution in [0.15, 0.2) is 89.9 Å². The summed E-state index contributed by atoms with van der Waals surface area (Å²) in [5, 5.41) is 2.65. The fraction of sp³-hybridized carbons (Fsp3) is 0.286. The minimum absolute atomic E-state index is 0.0521. The summed E-state index contributed by atoms with van der Waals surface area (Å²) >= 11 is 0. The number of rotatable bonds is 17. The molecule has 0 aliphatic heterocycles. The second kappa shape index (κ2) is 16.9. The van der Waals surface area contributed by atoms with E-state index in [1.807, 2.05) is 0 Å². The second-order valence-electron chi connectivity index (χ2n) is 8.38. The average Bonchev–Trinajstić information content (AvgIpc) is 2.96. The van der Waals surface area contributed by atoms with E-state index >= 15 is 0 Å². The Balaban J connectivity index is 1.79. The Hall–Kier alpha value is -4.09. The fourth-order valence-corrected chi connectivity index (χ4v) is 5.30. The normalized spacial score (nSPS) is 11.7. The highest BCUT2D eigenvalue weighted by Crippen LogP contribution is 2.59. The van der Waals surface area contributed by atoms with Gasteiger partial charge in [-0.25, -0.2) is 14.4 Å². The van der Waals surface area contributed by atoms with Crippen molar-refractivity contribution in [2.75, 3.05) is 46.8 Å². The molecule has 12 nitrogen and oxygen atoms in total. The van der Waals surface area contributed by atoms with Crippen LogP contribution in [-0.2, 0) is 23.5 Å². The summed E-state index contributed by atoms with van der Waals surface area (Å²) in [4.78, 5) is 16.9. The molecule has 0 fully saturated rings. The molecule has 0 aromatic heterocycles. The molecule has 41 heavy (non-hydrogen) atoms. The number of ether oxygens (including phenoxy) is 4. The first kappa shape index (κ1) is 31.4. The van der Waals surface area contributed by atoms with Crippen LogP contribution in [-0.4, -0.2) is 58.8 Å². The maximum atomic E-state index is 14.5. The number of methoxy groups -OCH3 is 1. The summed E-state index contributed by atoms with van der Waals surface area (Å²) in [5.41, 5.74) is 11.8. The summed E-state index contributed by atoms with van der Waals surface area (Å²) in [6, 6.07) is 23.4. The zero-order valence-corrected chi connectivity index (χ0v) is 23.6. The lowest BCUT2D eigenvalue weighted by atomic mass is 10.2. The van der Waals surface area contributed by atoms with Gasteiger partial charge < -0.3 is 44.8 Å². The van der Waals surface area contributed by atoms with Gasteiger partial charge in [0.05, 0.1) is 38.7 Å². The van der Waals surface area contributed by atoms with E-state index in [9.17, 15) is 9.36 Å². The third-order valence-electron chi connectivity index (χ3n) is 5.25. The van der Waals surface area contributed by atoms with E-state index in [-0.39, 0.29) is 30.7 Å². The first-order chi connectivity index (χ1) is 19.9. The van der Waals surface area contributed by atoms with Crippen molar-refractivity contribution in [2.45, 2.75) is 5.78 Å². The van der Waals surface area contributed by atoms with E-state index in [2.05, 4.69) is 10.3 Å². The van der Waals surface area contributed by atoms with Crippen molar-refractivity contribution in [3.8, 4) is 11.5 Å². The van der Waals surface area contributed by atoms with Crippen LogP contribution < -0.4 is 25.8 Å². The molecule has 0 bridgehead atoms. The van der Waals surface area contributed by atoms with E-state index in [1.54, 1.807) is 92.0 Å². The highest BCUT2D eigenvalue weighted by molar-refractivity contribution is 7.55. The lowest BCUT2D eigenvalue weighted by molar-refractivity contribution is 0.0130. The van der Waals surface area contributed by atoms with Crippen molar-refractivity contribution >= 4 is 25.3 Å². The van der Waals surface area contributed by atoms with Gasteiger partial charge in [-0.05, 0) is 42.0 Å². The van der Waals surface area contributed by atoms with Gasteiger partial charge in [0.25, 0.3) is 0 Å². The van der Waals surface area contributed by atoms with Gasteiger partial charge in [0.15, 0.2) is 11.7 Å². The molecule has 3 aromatic carbocycles. The number of para-hydroxylation sites is 2. The van der Waals surface area contributed by atoms with Gasteiger partial charge in [0.2, 0.25) is 0 Å². The van der Waals surface area contributed by atoms with Gasteiger partial charge in [0.1, 0.15) is 18.1 Å². The Morgan fingerprint density at radius 1 is 0.780 bits per heavy atom. The number of hydrogen-bond donors (Lipinski definition) is 3. The number of hydrogen-bond acceptors (Lipinski definition) is 9. The molecule has 0 aliphatic carbocycles. The van der Waals surface area contributed by atoms with Crippen molar-refractivity contribution < 1.29 is 37.4 Å². The molecular formula is C28H35N4O8P. The van der Waals surface area contributed by atoms with Gasteiger partial charge in [-0.1, -0.05) is 48.5 Å². The first-order valence-corrected chi connectivity index (χ1v) is 14.4. The predicted octanol–water partition coefficient (Wildman–Crippen LogP) is 4.35. The van der Waals surface area contributed by atoms with E-state index in [4.69, 9.17) is 39.5 Å². The van der Waals surface area contributed by atoms with E-state index in [0.717, 1.165) is 0 Å². The zero-order valence-electron chi connectivity index (χ0n) is 22.7. The van der Waals surface area contributed by atoms with Crippen molar-refractivity contribution in [1.29, 1.82) is 0 Å². The van der Waals surface area contributed by atoms with Crippen LogP contribution in [0.3, 0.4) is 0 Å². The van der Waals surface area contributed by atoms with Crippen LogP contribution >= 0.6 is 7.60 Å². The minimum atomic E-state index is -4.21. The maximum Gasteiger partial charge on any atom is 0.457 e. The predicted molar refractivity (Wildman–Crippen MR) is 154 cm³/mol. The number of guanidine groups is 1. The summed E-state index contributed by atoms with van der Waals surface area (Å²) < 4.78 is 47.4. The molecule has 3 rings (SSSR count). The Morgan fingerprint density at radius 2 is 1.29 bits per heavy atom. The van der Waals surface area contributed by atoms with Crippen molar-refractivity contribution in [1.82, 2.24) is 5.32 Å². The van der Waals surface area contributed by atoms with Gasteiger partial charge in [-0.15, -0.1) is 0 Å². The summed E-state index contributed by atoms with van der Waals surface area (Å²) in [6.07, 6.45) is -0.850. The molecule has 220 valence electrons. The van der Waals surface area contributed by atoms with Gasteiger partial charge >= 0.3 is 13.7 Å². The number of carbonyl (C=O) groups is 1.